The fraction of sp³-hybridized carbons (Fsp3) is 0.467. The van der Waals surface area contributed by atoms with Crippen molar-refractivity contribution in [2.45, 2.75) is 64.0 Å². The van der Waals surface area contributed by atoms with Crippen molar-refractivity contribution in [2.75, 3.05) is 7.11 Å². The third-order valence-electron chi connectivity index (χ3n) is 9.47. The first-order chi connectivity index (χ1) is 16.1. The Bertz CT molecular complexity index is 1190. The quantitative estimate of drug-likeness (QED) is 0.481. The molecule has 0 aromatic heterocycles. The van der Waals surface area contributed by atoms with E-state index in [0.29, 0.717) is 23.1 Å². The highest BCUT2D eigenvalue weighted by atomic mass is 16.5. The van der Waals surface area contributed by atoms with E-state index in [9.17, 15) is 5.11 Å². The number of hydrogen-bond donors (Lipinski definition) is 2. The first-order valence-corrected chi connectivity index (χ1v) is 12.7. The zero-order valence-electron chi connectivity index (χ0n) is 19.8. The predicted octanol–water partition coefficient (Wildman–Crippen LogP) is 6.57. The number of phenols is 1. The summed E-state index contributed by atoms with van der Waals surface area (Å²) in [5, 5.41) is 16.9. The van der Waals surface area contributed by atoms with Crippen LogP contribution in [0.5, 0.6) is 11.5 Å². The van der Waals surface area contributed by atoms with Crippen molar-refractivity contribution in [1.29, 1.82) is 0 Å². The molecule has 0 bridgehead atoms. The van der Waals surface area contributed by atoms with E-state index in [1.807, 2.05) is 12.1 Å². The van der Waals surface area contributed by atoms with E-state index in [2.05, 4.69) is 54.7 Å². The molecule has 0 aliphatic heterocycles. The Hall–Kier alpha value is -2.52. The van der Waals surface area contributed by atoms with Gasteiger partial charge in [-0.3, -0.25) is 0 Å². The van der Waals surface area contributed by atoms with E-state index in [0.717, 1.165) is 35.1 Å². The van der Waals surface area contributed by atoms with Crippen molar-refractivity contribution in [2.24, 2.45) is 17.3 Å². The molecule has 3 aromatic rings. The molecule has 33 heavy (non-hydrogen) atoms. The molecular weight excluding hydrogens is 406 g/mol. The maximum atomic E-state index is 10.6. The molecule has 0 heterocycles. The normalized spacial score (nSPS) is 30.5. The van der Waals surface area contributed by atoms with Gasteiger partial charge in [-0.05, 0) is 102 Å². The van der Waals surface area contributed by atoms with Gasteiger partial charge in [0, 0.05) is 18.2 Å². The highest BCUT2D eigenvalue weighted by Crippen LogP contribution is 2.61. The maximum Gasteiger partial charge on any atom is 0.120 e. The topological polar surface area (TPSA) is 41.5 Å². The molecule has 2 N–H and O–H groups in total. The highest BCUT2D eigenvalue weighted by Gasteiger charge is 2.54. The predicted molar refractivity (Wildman–Crippen MR) is 134 cm³/mol. The monoisotopic (exact) mass is 441 g/mol. The van der Waals surface area contributed by atoms with Crippen LogP contribution in [0.1, 0.15) is 61.6 Å². The van der Waals surface area contributed by atoms with Crippen LogP contribution in [-0.4, -0.2) is 18.3 Å². The van der Waals surface area contributed by atoms with Crippen molar-refractivity contribution < 1.29 is 9.84 Å². The number of hydrogen-bond acceptors (Lipinski definition) is 3. The van der Waals surface area contributed by atoms with Crippen molar-refractivity contribution in [3.05, 3.63) is 71.3 Å². The molecule has 5 atom stereocenters. The molecule has 3 aromatic carbocycles. The maximum absolute atomic E-state index is 10.6. The first kappa shape index (κ1) is 21.0. The largest absolute Gasteiger partial charge is 0.508 e. The molecule has 3 aliphatic rings. The van der Waals surface area contributed by atoms with Crippen LogP contribution < -0.4 is 10.1 Å². The molecule has 0 saturated heterocycles. The molecule has 0 radical (unpaired) electrons. The molecule has 172 valence electrons. The fourth-order valence-corrected chi connectivity index (χ4v) is 7.76. The second-order valence-electron chi connectivity index (χ2n) is 10.8. The Morgan fingerprint density at radius 2 is 1.91 bits per heavy atom. The summed E-state index contributed by atoms with van der Waals surface area (Å²) in [6, 6.07) is 19.5. The molecule has 2 fully saturated rings. The molecule has 2 saturated carbocycles. The Morgan fingerprint density at radius 1 is 1.03 bits per heavy atom. The van der Waals surface area contributed by atoms with E-state index in [1.54, 1.807) is 12.7 Å². The summed E-state index contributed by atoms with van der Waals surface area (Å²) in [5.41, 5.74) is 4.48. The van der Waals surface area contributed by atoms with E-state index in [-0.39, 0.29) is 0 Å². The molecular formula is C30H35NO2. The van der Waals surface area contributed by atoms with Gasteiger partial charge in [-0.15, -0.1) is 0 Å². The van der Waals surface area contributed by atoms with Gasteiger partial charge in [0.05, 0.1) is 7.11 Å². The van der Waals surface area contributed by atoms with Gasteiger partial charge in [0.1, 0.15) is 11.5 Å². The molecule has 3 heteroatoms. The van der Waals surface area contributed by atoms with E-state index < -0.39 is 0 Å². The lowest BCUT2D eigenvalue weighted by atomic mass is 9.55. The smallest absolute Gasteiger partial charge is 0.120 e. The lowest BCUT2D eigenvalue weighted by Gasteiger charge is -2.51. The van der Waals surface area contributed by atoms with Crippen LogP contribution in [0, 0.1) is 17.3 Å². The summed E-state index contributed by atoms with van der Waals surface area (Å²) < 4.78 is 5.49. The van der Waals surface area contributed by atoms with Gasteiger partial charge in [-0.25, -0.2) is 0 Å². The number of aryl methyl sites for hydroxylation is 1. The molecule has 0 spiro atoms. The van der Waals surface area contributed by atoms with Gasteiger partial charge in [0.25, 0.3) is 0 Å². The molecule has 0 unspecified atom stereocenters. The standard InChI is InChI=1S/C30H35NO2/c1-30-16-15-24-23-11-9-21(33-2)17-20(23)7-10-25(24)27(30)12-14-29(30)31-18-26-22-6-4-3-5-19(22)8-13-28(26)32/h3-6,8-9,11,13,17,24-25,27,29,31-32H,7,10,12,14-16,18H2,1-2H3/t24-,25-,27+,29+,30+/m1/s1. The number of phenolic OH excluding ortho intramolecular Hbond substituents is 1. The van der Waals surface area contributed by atoms with E-state index in [1.165, 1.54) is 49.5 Å². The molecule has 3 nitrogen and oxygen atoms in total. The van der Waals surface area contributed by atoms with Crippen LogP contribution >= 0.6 is 0 Å². The minimum Gasteiger partial charge on any atom is -0.508 e. The number of aromatic hydroxyl groups is 1. The average molecular weight is 442 g/mol. The van der Waals surface area contributed by atoms with Gasteiger partial charge in [0.15, 0.2) is 0 Å². The lowest BCUT2D eigenvalue weighted by molar-refractivity contribution is 0.0408. The third kappa shape index (κ3) is 3.35. The van der Waals surface area contributed by atoms with Crippen LogP contribution in [0.3, 0.4) is 0 Å². The van der Waals surface area contributed by atoms with Gasteiger partial charge >= 0.3 is 0 Å². The lowest BCUT2D eigenvalue weighted by Crippen LogP contribution is -2.48. The van der Waals surface area contributed by atoms with Gasteiger partial charge in [0.2, 0.25) is 0 Å². The highest BCUT2D eigenvalue weighted by molar-refractivity contribution is 5.87. The SMILES string of the molecule is COc1ccc2c(c1)CC[C@@H]1[C@@H]2CC[C@]2(C)[C@@H](NCc3c(O)ccc4ccccc34)CC[C@@H]12. The second kappa shape index (κ2) is 8.06. The zero-order valence-corrected chi connectivity index (χ0v) is 19.8. The summed E-state index contributed by atoms with van der Waals surface area (Å²) in [5.74, 6) is 3.68. The Morgan fingerprint density at radius 3 is 2.79 bits per heavy atom. The first-order valence-electron chi connectivity index (χ1n) is 12.7. The fourth-order valence-electron chi connectivity index (χ4n) is 7.76. The second-order valence-corrected chi connectivity index (χ2v) is 10.8. The minimum absolute atomic E-state index is 0.339. The van der Waals surface area contributed by atoms with Crippen LogP contribution in [0.25, 0.3) is 10.8 Å². The van der Waals surface area contributed by atoms with Crippen molar-refractivity contribution in [3.63, 3.8) is 0 Å². The van der Waals surface area contributed by atoms with Gasteiger partial charge in [-0.2, -0.15) is 0 Å². The summed E-state index contributed by atoms with van der Waals surface area (Å²) in [6.45, 7) is 3.28. The van der Waals surface area contributed by atoms with Crippen LogP contribution in [0.4, 0.5) is 0 Å². The number of methoxy groups -OCH3 is 1. The Balaban J connectivity index is 1.22. The summed E-state index contributed by atoms with van der Waals surface area (Å²) in [7, 11) is 1.77. The van der Waals surface area contributed by atoms with Crippen molar-refractivity contribution >= 4 is 10.8 Å². The zero-order chi connectivity index (χ0) is 22.6. The number of fused-ring (bicyclic) bond motifs is 6. The Labute approximate surface area is 197 Å². The molecule has 0 amide bonds. The van der Waals surface area contributed by atoms with Crippen LogP contribution in [-0.2, 0) is 13.0 Å². The third-order valence-corrected chi connectivity index (χ3v) is 9.47. The number of nitrogens with one attached hydrogen (secondary N) is 1. The number of benzene rings is 3. The summed E-state index contributed by atoms with van der Waals surface area (Å²) in [6.07, 6.45) is 7.62. The van der Waals surface area contributed by atoms with E-state index in [4.69, 9.17) is 4.74 Å². The molecule has 6 rings (SSSR count). The van der Waals surface area contributed by atoms with E-state index >= 15 is 0 Å². The summed E-state index contributed by atoms with van der Waals surface area (Å²) in [4.78, 5) is 0. The summed E-state index contributed by atoms with van der Waals surface area (Å²) >= 11 is 0. The van der Waals surface area contributed by atoms with Crippen LogP contribution in [0.2, 0.25) is 0 Å². The van der Waals surface area contributed by atoms with Crippen LogP contribution in [0.15, 0.2) is 54.6 Å². The number of rotatable bonds is 4. The molecule has 3 aliphatic carbocycles. The van der Waals surface area contributed by atoms with Gasteiger partial charge in [-0.1, -0.05) is 43.3 Å². The van der Waals surface area contributed by atoms with Crippen molar-refractivity contribution in [1.82, 2.24) is 5.32 Å². The number of ether oxygens (including phenoxy) is 1. The van der Waals surface area contributed by atoms with Crippen molar-refractivity contribution in [3.8, 4) is 11.5 Å². The Kier molecular flexibility index (Phi) is 5.14. The van der Waals surface area contributed by atoms with Gasteiger partial charge < -0.3 is 15.2 Å². The minimum atomic E-state index is 0.339. The average Bonchev–Trinajstić information content (AvgIpc) is 3.19.